The van der Waals surface area contributed by atoms with Crippen molar-refractivity contribution in [2.24, 2.45) is 0 Å². The Morgan fingerprint density at radius 2 is 2.11 bits per heavy atom. The zero-order chi connectivity index (χ0) is 13.8. The number of aromatic nitrogens is 2. The van der Waals surface area contributed by atoms with Crippen molar-refractivity contribution >= 4 is 34.5 Å². The Morgan fingerprint density at radius 1 is 1.42 bits per heavy atom. The second-order valence-electron chi connectivity index (χ2n) is 3.93. The first-order valence-electron chi connectivity index (χ1n) is 5.92. The first kappa shape index (κ1) is 13.8. The number of aryl methyl sites for hydroxylation is 1. The molecule has 98 valence electrons. The SMILES string of the molecule is C=CC(=O)N(I)c1ccc(-c2ccn(CC)n2)cc1. The summed E-state index contributed by atoms with van der Waals surface area (Å²) in [4.78, 5) is 11.5. The number of benzene rings is 1. The quantitative estimate of drug-likeness (QED) is 0.472. The van der Waals surface area contributed by atoms with Crippen molar-refractivity contribution in [2.75, 3.05) is 3.11 Å². The Kier molecular flexibility index (Phi) is 4.36. The summed E-state index contributed by atoms with van der Waals surface area (Å²) >= 11 is 1.96. The molecule has 0 aliphatic carbocycles. The molecule has 0 bridgehead atoms. The van der Waals surface area contributed by atoms with Gasteiger partial charge in [-0.05, 0) is 31.2 Å². The smallest absolute Gasteiger partial charge is 0.259 e. The first-order valence-corrected chi connectivity index (χ1v) is 6.88. The van der Waals surface area contributed by atoms with Gasteiger partial charge in [-0.3, -0.25) is 9.48 Å². The summed E-state index contributed by atoms with van der Waals surface area (Å²) in [6.07, 6.45) is 3.25. The van der Waals surface area contributed by atoms with Crippen LogP contribution in [-0.2, 0) is 11.3 Å². The predicted octanol–water partition coefficient (Wildman–Crippen LogP) is 3.44. The van der Waals surface area contributed by atoms with E-state index < -0.39 is 0 Å². The van der Waals surface area contributed by atoms with Crippen LogP contribution in [0.15, 0.2) is 49.2 Å². The van der Waals surface area contributed by atoms with Crippen LogP contribution in [0.25, 0.3) is 11.3 Å². The highest BCUT2D eigenvalue weighted by Gasteiger charge is 2.09. The number of hydrogen-bond acceptors (Lipinski definition) is 2. The van der Waals surface area contributed by atoms with Gasteiger partial charge in [0, 0.05) is 18.3 Å². The molecule has 0 N–H and O–H groups in total. The maximum Gasteiger partial charge on any atom is 0.259 e. The largest absolute Gasteiger partial charge is 0.272 e. The van der Waals surface area contributed by atoms with Crippen molar-refractivity contribution in [1.82, 2.24) is 9.78 Å². The van der Waals surface area contributed by atoms with E-state index in [1.54, 1.807) is 0 Å². The topological polar surface area (TPSA) is 38.1 Å². The summed E-state index contributed by atoms with van der Waals surface area (Å²) < 4.78 is 3.41. The number of halogens is 1. The molecule has 19 heavy (non-hydrogen) atoms. The molecule has 1 heterocycles. The van der Waals surface area contributed by atoms with Gasteiger partial charge in [-0.15, -0.1) is 0 Å². The fourth-order valence-electron chi connectivity index (χ4n) is 1.66. The average molecular weight is 367 g/mol. The molecule has 0 atom stereocenters. The van der Waals surface area contributed by atoms with E-state index in [4.69, 9.17) is 0 Å². The van der Waals surface area contributed by atoms with Crippen molar-refractivity contribution in [2.45, 2.75) is 13.5 Å². The normalized spacial score (nSPS) is 10.2. The lowest BCUT2D eigenvalue weighted by molar-refractivity contribution is -0.112. The first-order chi connectivity index (χ1) is 9.15. The highest BCUT2D eigenvalue weighted by Crippen LogP contribution is 2.24. The van der Waals surface area contributed by atoms with Gasteiger partial charge in [-0.1, -0.05) is 18.7 Å². The van der Waals surface area contributed by atoms with E-state index >= 15 is 0 Å². The third kappa shape index (κ3) is 3.04. The number of rotatable bonds is 4. The molecular weight excluding hydrogens is 353 g/mol. The Hall–Kier alpha value is -1.63. The molecule has 1 aromatic heterocycles. The molecule has 1 aromatic carbocycles. The molecule has 4 nitrogen and oxygen atoms in total. The van der Waals surface area contributed by atoms with Gasteiger partial charge in [0.2, 0.25) is 0 Å². The molecule has 2 rings (SSSR count). The molecule has 0 aliphatic rings. The van der Waals surface area contributed by atoms with E-state index in [1.165, 1.54) is 9.19 Å². The Balaban J connectivity index is 2.23. The van der Waals surface area contributed by atoms with Gasteiger partial charge in [0.1, 0.15) is 0 Å². The van der Waals surface area contributed by atoms with Gasteiger partial charge in [0.15, 0.2) is 0 Å². The lowest BCUT2D eigenvalue weighted by Crippen LogP contribution is -2.16. The van der Waals surface area contributed by atoms with Gasteiger partial charge >= 0.3 is 0 Å². The van der Waals surface area contributed by atoms with Gasteiger partial charge in [-0.25, -0.2) is 3.11 Å². The minimum atomic E-state index is -0.136. The molecular formula is C14H14IN3O. The number of anilines is 1. The Bertz CT molecular complexity index is 589. The zero-order valence-corrected chi connectivity index (χ0v) is 12.7. The summed E-state index contributed by atoms with van der Waals surface area (Å²) in [5, 5.41) is 4.44. The molecule has 0 saturated carbocycles. The standard InChI is InChI=1S/C14H14IN3O/c1-3-14(19)18(15)12-7-5-11(6-8-12)13-9-10-17(4-2)16-13/h3,5-10H,1,4H2,2H3. The van der Waals surface area contributed by atoms with Crippen LogP contribution in [0.5, 0.6) is 0 Å². The molecule has 0 unspecified atom stereocenters. The van der Waals surface area contributed by atoms with E-state index in [0.29, 0.717) is 0 Å². The molecule has 0 radical (unpaired) electrons. The van der Waals surface area contributed by atoms with E-state index in [2.05, 4.69) is 18.6 Å². The molecule has 1 amide bonds. The number of carbonyl (C=O) groups is 1. The third-order valence-corrected chi connectivity index (χ3v) is 3.76. The van der Waals surface area contributed by atoms with Gasteiger partial charge in [0.25, 0.3) is 5.91 Å². The van der Waals surface area contributed by atoms with E-state index in [-0.39, 0.29) is 5.91 Å². The van der Waals surface area contributed by atoms with Gasteiger partial charge in [0.05, 0.1) is 34.2 Å². The highest BCUT2D eigenvalue weighted by atomic mass is 127. The zero-order valence-electron chi connectivity index (χ0n) is 10.6. The lowest BCUT2D eigenvalue weighted by Gasteiger charge is -2.12. The summed E-state index contributed by atoms with van der Waals surface area (Å²) in [5.41, 5.74) is 2.79. The lowest BCUT2D eigenvalue weighted by atomic mass is 10.1. The van der Waals surface area contributed by atoms with E-state index in [9.17, 15) is 4.79 Å². The van der Waals surface area contributed by atoms with Crippen LogP contribution in [0, 0.1) is 0 Å². The van der Waals surface area contributed by atoms with E-state index in [1.807, 2.05) is 64.1 Å². The predicted molar refractivity (Wildman–Crippen MR) is 85.0 cm³/mol. The summed E-state index contributed by atoms with van der Waals surface area (Å²) in [7, 11) is 0. The molecule has 0 aliphatic heterocycles. The maximum absolute atomic E-state index is 11.5. The van der Waals surface area contributed by atoms with Crippen LogP contribution in [0.1, 0.15) is 6.92 Å². The van der Waals surface area contributed by atoms with Crippen LogP contribution in [0.4, 0.5) is 5.69 Å². The second kappa shape index (κ2) is 6.01. The second-order valence-corrected chi connectivity index (χ2v) is 4.89. The monoisotopic (exact) mass is 367 g/mol. The van der Waals surface area contributed by atoms with Crippen LogP contribution < -0.4 is 3.11 Å². The number of hydrogen-bond donors (Lipinski definition) is 0. The van der Waals surface area contributed by atoms with Gasteiger partial charge < -0.3 is 0 Å². The van der Waals surface area contributed by atoms with Crippen molar-refractivity contribution in [3.8, 4) is 11.3 Å². The van der Waals surface area contributed by atoms with Crippen LogP contribution in [0.2, 0.25) is 0 Å². The molecule has 0 saturated heterocycles. The summed E-state index contributed by atoms with van der Waals surface area (Å²) in [6.45, 7) is 6.38. The fraction of sp³-hybridized carbons (Fsp3) is 0.143. The van der Waals surface area contributed by atoms with Crippen LogP contribution >= 0.6 is 22.9 Å². The number of carbonyl (C=O) groups excluding carboxylic acids is 1. The minimum absolute atomic E-state index is 0.136. The molecule has 0 fully saturated rings. The summed E-state index contributed by atoms with van der Waals surface area (Å²) in [6, 6.07) is 9.69. The Morgan fingerprint density at radius 3 is 2.63 bits per heavy atom. The van der Waals surface area contributed by atoms with Crippen LogP contribution in [-0.4, -0.2) is 15.7 Å². The molecule has 2 aromatic rings. The maximum atomic E-state index is 11.5. The molecule has 5 heteroatoms. The minimum Gasteiger partial charge on any atom is -0.272 e. The fourth-order valence-corrected chi connectivity index (χ4v) is 2.18. The third-order valence-electron chi connectivity index (χ3n) is 2.72. The van der Waals surface area contributed by atoms with Crippen molar-refractivity contribution in [3.05, 3.63) is 49.2 Å². The van der Waals surface area contributed by atoms with Crippen LogP contribution in [0.3, 0.4) is 0 Å². The van der Waals surface area contributed by atoms with Gasteiger partial charge in [-0.2, -0.15) is 5.10 Å². The average Bonchev–Trinajstić information content (AvgIpc) is 2.94. The highest BCUT2D eigenvalue weighted by molar-refractivity contribution is 14.1. The van der Waals surface area contributed by atoms with E-state index in [0.717, 1.165) is 23.5 Å². The van der Waals surface area contributed by atoms with Crippen molar-refractivity contribution in [1.29, 1.82) is 0 Å². The molecule has 0 spiro atoms. The van der Waals surface area contributed by atoms with Crippen molar-refractivity contribution in [3.63, 3.8) is 0 Å². The summed E-state index contributed by atoms with van der Waals surface area (Å²) in [5.74, 6) is -0.136. The number of nitrogens with zero attached hydrogens (tertiary/aromatic N) is 3. The number of amides is 1. The Labute approximate surface area is 126 Å². The van der Waals surface area contributed by atoms with Crippen molar-refractivity contribution < 1.29 is 4.79 Å².